The number of aromatic amines is 1. The fourth-order valence-corrected chi connectivity index (χ4v) is 3.25. The third-order valence-electron chi connectivity index (χ3n) is 4.29. The van der Waals surface area contributed by atoms with E-state index in [0.717, 1.165) is 30.5 Å². The molecule has 110 valence electrons. The van der Waals surface area contributed by atoms with E-state index in [1.165, 1.54) is 6.92 Å². The van der Waals surface area contributed by atoms with Gasteiger partial charge in [-0.05, 0) is 51.6 Å². The van der Waals surface area contributed by atoms with E-state index in [-0.39, 0.29) is 17.7 Å². The van der Waals surface area contributed by atoms with Crippen molar-refractivity contribution in [2.24, 2.45) is 11.7 Å². The zero-order chi connectivity index (χ0) is 14.9. The first-order chi connectivity index (χ1) is 9.45. The molecule has 0 spiro atoms. The lowest BCUT2D eigenvalue weighted by atomic mass is 10.0. The Kier molecular flexibility index (Phi) is 4.28. The number of H-pyrrole nitrogens is 1. The van der Waals surface area contributed by atoms with Gasteiger partial charge in [-0.1, -0.05) is 6.42 Å². The fourth-order valence-electron chi connectivity index (χ4n) is 3.25. The van der Waals surface area contributed by atoms with E-state index in [0.29, 0.717) is 23.7 Å². The van der Waals surface area contributed by atoms with Crippen LogP contribution < -0.4 is 11.1 Å². The molecule has 0 saturated heterocycles. The highest BCUT2D eigenvalue weighted by molar-refractivity contribution is 6.02. The molecule has 1 aliphatic carbocycles. The molecule has 0 bridgehead atoms. The van der Waals surface area contributed by atoms with Crippen LogP contribution in [0.4, 0.5) is 0 Å². The molecule has 1 aromatic heterocycles. The molecule has 20 heavy (non-hydrogen) atoms. The Morgan fingerprint density at radius 2 is 2.05 bits per heavy atom. The Labute approximate surface area is 119 Å². The lowest BCUT2D eigenvalue weighted by molar-refractivity contribution is 0.0923. The molecule has 0 radical (unpaired) electrons. The first-order valence-corrected chi connectivity index (χ1v) is 7.16. The van der Waals surface area contributed by atoms with Gasteiger partial charge in [0.15, 0.2) is 5.78 Å². The van der Waals surface area contributed by atoms with Crippen LogP contribution in [0.3, 0.4) is 0 Å². The number of hydrogen-bond donors (Lipinski definition) is 3. The number of Topliss-reactive ketones (excluding diaryl/α,β-unsaturated/α-hetero) is 1. The third kappa shape index (κ3) is 2.63. The van der Waals surface area contributed by atoms with E-state index < -0.39 is 0 Å². The van der Waals surface area contributed by atoms with Crippen molar-refractivity contribution in [3.05, 3.63) is 22.5 Å². The standard InChI is InChI=1S/C15H23N3O2/c1-8-13(10(3)19)9(2)17-14(8)15(20)18-12-6-4-5-11(12)7-16/h11-12,17H,4-7,16H2,1-3H3,(H,18,20). The van der Waals surface area contributed by atoms with Crippen LogP contribution in [0.15, 0.2) is 0 Å². The summed E-state index contributed by atoms with van der Waals surface area (Å²) in [6.45, 7) is 5.75. The third-order valence-corrected chi connectivity index (χ3v) is 4.29. The fraction of sp³-hybridized carbons (Fsp3) is 0.600. The van der Waals surface area contributed by atoms with Gasteiger partial charge >= 0.3 is 0 Å². The number of rotatable bonds is 4. The average Bonchev–Trinajstić information content (AvgIpc) is 2.93. The summed E-state index contributed by atoms with van der Waals surface area (Å²) in [5.41, 5.74) is 8.33. The van der Waals surface area contributed by atoms with Gasteiger partial charge < -0.3 is 16.0 Å². The Hall–Kier alpha value is -1.62. The van der Waals surface area contributed by atoms with Gasteiger partial charge in [0, 0.05) is 17.3 Å². The lowest BCUT2D eigenvalue weighted by Crippen LogP contribution is -2.40. The number of nitrogens with two attached hydrogens (primary N) is 1. The van der Waals surface area contributed by atoms with Crippen LogP contribution in [-0.2, 0) is 0 Å². The number of hydrogen-bond acceptors (Lipinski definition) is 3. The van der Waals surface area contributed by atoms with Crippen molar-refractivity contribution in [3.63, 3.8) is 0 Å². The van der Waals surface area contributed by atoms with Crippen LogP contribution in [0.1, 0.15) is 58.3 Å². The van der Waals surface area contributed by atoms with Crippen molar-refractivity contribution in [3.8, 4) is 0 Å². The summed E-state index contributed by atoms with van der Waals surface area (Å²) in [7, 11) is 0. The summed E-state index contributed by atoms with van der Waals surface area (Å²) < 4.78 is 0. The van der Waals surface area contributed by atoms with Crippen LogP contribution in [0.5, 0.6) is 0 Å². The van der Waals surface area contributed by atoms with Gasteiger partial charge in [-0.3, -0.25) is 9.59 Å². The molecule has 1 amide bonds. The maximum atomic E-state index is 12.4. The van der Waals surface area contributed by atoms with Crippen LogP contribution >= 0.6 is 0 Å². The Morgan fingerprint density at radius 3 is 2.60 bits per heavy atom. The predicted octanol–water partition coefficient (Wildman–Crippen LogP) is 1.69. The molecule has 5 heteroatoms. The minimum absolute atomic E-state index is 0.0176. The number of carbonyl (C=O) groups is 2. The molecular formula is C15H23N3O2. The summed E-state index contributed by atoms with van der Waals surface area (Å²) in [4.78, 5) is 27.0. The number of aromatic nitrogens is 1. The molecular weight excluding hydrogens is 254 g/mol. The van der Waals surface area contributed by atoms with Gasteiger partial charge in [-0.2, -0.15) is 0 Å². The quantitative estimate of drug-likeness (QED) is 0.732. The first-order valence-electron chi connectivity index (χ1n) is 7.16. The molecule has 5 nitrogen and oxygen atoms in total. The average molecular weight is 277 g/mol. The van der Waals surface area contributed by atoms with Crippen LogP contribution in [0, 0.1) is 19.8 Å². The first kappa shape index (κ1) is 14.8. The summed E-state index contributed by atoms with van der Waals surface area (Å²) >= 11 is 0. The lowest BCUT2D eigenvalue weighted by Gasteiger charge is -2.19. The monoisotopic (exact) mass is 277 g/mol. The van der Waals surface area contributed by atoms with E-state index >= 15 is 0 Å². The highest BCUT2D eigenvalue weighted by atomic mass is 16.2. The van der Waals surface area contributed by atoms with Gasteiger partial charge in [-0.15, -0.1) is 0 Å². The Morgan fingerprint density at radius 1 is 1.35 bits per heavy atom. The maximum Gasteiger partial charge on any atom is 0.268 e. The molecule has 1 aliphatic rings. The van der Waals surface area contributed by atoms with Gasteiger partial charge in [0.05, 0.1) is 0 Å². The Balaban J connectivity index is 2.18. The molecule has 1 fully saturated rings. The van der Waals surface area contributed by atoms with E-state index in [1.54, 1.807) is 0 Å². The van der Waals surface area contributed by atoms with Crippen molar-refractivity contribution in [2.45, 2.75) is 46.1 Å². The molecule has 1 saturated carbocycles. The van der Waals surface area contributed by atoms with Gasteiger partial charge in [0.1, 0.15) is 5.69 Å². The molecule has 4 N–H and O–H groups in total. The predicted molar refractivity (Wildman–Crippen MR) is 77.9 cm³/mol. The zero-order valence-electron chi connectivity index (χ0n) is 12.4. The minimum atomic E-state index is -0.136. The maximum absolute atomic E-state index is 12.4. The molecule has 1 aromatic rings. The number of aryl methyl sites for hydroxylation is 1. The van der Waals surface area contributed by atoms with Crippen molar-refractivity contribution < 1.29 is 9.59 Å². The van der Waals surface area contributed by atoms with E-state index in [2.05, 4.69) is 10.3 Å². The highest BCUT2D eigenvalue weighted by Crippen LogP contribution is 2.25. The smallest absolute Gasteiger partial charge is 0.268 e. The highest BCUT2D eigenvalue weighted by Gasteiger charge is 2.29. The topological polar surface area (TPSA) is 88.0 Å². The van der Waals surface area contributed by atoms with Crippen LogP contribution in [-0.4, -0.2) is 29.3 Å². The number of carbonyl (C=O) groups excluding carboxylic acids is 2. The second kappa shape index (κ2) is 5.79. The Bertz CT molecular complexity index is 533. The van der Waals surface area contributed by atoms with Crippen LogP contribution in [0.2, 0.25) is 0 Å². The second-order valence-corrected chi connectivity index (χ2v) is 5.69. The summed E-state index contributed by atoms with van der Waals surface area (Å²) in [5.74, 6) is 0.210. The van der Waals surface area contributed by atoms with E-state index in [1.807, 2.05) is 13.8 Å². The number of amides is 1. The normalized spacial score (nSPS) is 22.0. The van der Waals surface area contributed by atoms with Gasteiger partial charge in [-0.25, -0.2) is 0 Å². The molecule has 2 atom stereocenters. The zero-order valence-corrected chi connectivity index (χ0v) is 12.4. The molecule has 2 unspecified atom stereocenters. The summed E-state index contributed by atoms with van der Waals surface area (Å²) in [6, 6.07) is 0.149. The molecule has 0 aliphatic heterocycles. The van der Waals surface area contributed by atoms with Crippen LogP contribution in [0.25, 0.3) is 0 Å². The van der Waals surface area contributed by atoms with E-state index in [9.17, 15) is 9.59 Å². The second-order valence-electron chi connectivity index (χ2n) is 5.69. The number of nitrogens with one attached hydrogen (secondary N) is 2. The van der Waals surface area contributed by atoms with Gasteiger partial charge in [0.2, 0.25) is 0 Å². The van der Waals surface area contributed by atoms with Gasteiger partial charge in [0.25, 0.3) is 5.91 Å². The molecule has 2 rings (SSSR count). The summed E-state index contributed by atoms with van der Waals surface area (Å²) in [5, 5.41) is 3.05. The largest absolute Gasteiger partial charge is 0.354 e. The minimum Gasteiger partial charge on any atom is -0.354 e. The van der Waals surface area contributed by atoms with E-state index in [4.69, 9.17) is 5.73 Å². The SMILES string of the molecule is CC(=O)c1c(C)[nH]c(C(=O)NC2CCCC2CN)c1C. The summed E-state index contributed by atoms with van der Waals surface area (Å²) in [6.07, 6.45) is 3.16. The van der Waals surface area contributed by atoms with Crippen molar-refractivity contribution >= 4 is 11.7 Å². The number of ketones is 1. The van der Waals surface area contributed by atoms with Crippen molar-refractivity contribution in [2.75, 3.05) is 6.54 Å². The van der Waals surface area contributed by atoms with Crippen molar-refractivity contribution in [1.82, 2.24) is 10.3 Å². The molecule has 0 aromatic carbocycles. The molecule has 1 heterocycles. The van der Waals surface area contributed by atoms with Crippen molar-refractivity contribution in [1.29, 1.82) is 0 Å².